The molecule has 0 fully saturated rings. The largest absolute Gasteiger partial charge is 0.491 e. The number of aliphatic hydroxyl groups is 1. The molecule has 5 heteroatoms. The number of benzene rings is 2. The molecule has 122 valence electrons. The summed E-state index contributed by atoms with van der Waals surface area (Å²) < 4.78 is 39.7. The van der Waals surface area contributed by atoms with Crippen molar-refractivity contribution in [1.82, 2.24) is 0 Å². The number of hydrogen-bond acceptors (Lipinski definition) is 3. The molecule has 0 spiro atoms. The number of furan rings is 1. The van der Waals surface area contributed by atoms with Crippen LogP contribution in [0.1, 0.15) is 38.4 Å². The standard InChI is InChI=1S/C18H18F2O3/c1-3-5-13(21)12-7-6-10-11-8-9-14(22-4-2)16(20)18(11)23-17(10)15(12)19/h6-9,13,21H,3-5H2,1-2H3/t13-/m1/s1. The molecule has 1 atom stereocenters. The molecule has 0 saturated carbocycles. The fraction of sp³-hybridized carbons (Fsp3) is 0.333. The maximum Gasteiger partial charge on any atom is 0.208 e. The lowest BCUT2D eigenvalue weighted by Crippen LogP contribution is -2.00. The van der Waals surface area contributed by atoms with Gasteiger partial charge in [-0.15, -0.1) is 0 Å². The second-order valence-electron chi connectivity index (χ2n) is 5.44. The summed E-state index contributed by atoms with van der Waals surface area (Å²) in [6.07, 6.45) is 0.276. The average molecular weight is 320 g/mol. The molecule has 0 aliphatic rings. The van der Waals surface area contributed by atoms with E-state index in [9.17, 15) is 13.9 Å². The van der Waals surface area contributed by atoms with E-state index >= 15 is 0 Å². The molecule has 0 radical (unpaired) electrons. The molecule has 23 heavy (non-hydrogen) atoms. The summed E-state index contributed by atoms with van der Waals surface area (Å²) in [6.45, 7) is 3.99. The van der Waals surface area contributed by atoms with Gasteiger partial charge >= 0.3 is 0 Å². The molecule has 0 aliphatic carbocycles. The van der Waals surface area contributed by atoms with Gasteiger partial charge in [-0.3, -0.25) is 0 Å². The Balaban J connectivity index is 2.22. The van der Waals surface area contributed by atoms with Crippen LogP contribution in [0.15, 0.2) is 28.7 Å². The van der Waals surface area contributed by atoms with Gasteiger partial charge in [0.05, 0.1) is 12.7 Å². The van der Waals surface area contributed by atoms with E-state index in [1.54, 1.807) is 19.1 Å². The Morgan fingerprint density at radius 1 is 1.04 bits per heavy atom. The number of rotatable bonds is 5. The Morgan fingerprint density at radius 3 is 2.35 bits per heavy atom. The van der Waals surface area contributed by atoms with Gasteiger partial charge in [-0.05, 0) is 31.5 Å². The van der Waals surface area contributed by atoms with Crippen LogP contribution in [0.2, 0.25) is 0 Å². The zero-order chi connectivity index (χ0) is 16.6. The smallest absolute Gasteiger partial charge is 0.208 e. The van der Waals surface area contributed by atoms with Gasteiger partial charge in [0.25, 0.3) is 0 Å². The first kappa shape index (κ1) is 15.7. The number of fused-ring (bicyclic) bond motifs is 3. The molecule has 0 aliphatic heterocycles. The molecule has 3 aromatic rings. The lowest BCUT2D eigenvalue weighted by molar-refractivity contribution is 0.162. The molecular formula is C18H18F2O3. The lowest BCUT2D eigenvalue weighted by Gasteiger charge is -2.10. The minimum atomic E-state index is -0.901. The van der Waals surface area contributed by atoms with E-state index in [1.807, 2.05) is 6.92 Å². The zero-order valence-corrected chi connectivity index (χ0v) is 13.0. The summed E-state index contributed by atoms with van der Waals surface area (Å²) in [7, 11) is 0. The van der Waals surface area contributed by atoms with Crippen molar-refractivity contribution in [2.75, 3.05) is 6.61 Å². The van der Waals surface area contributed by atoms with Crippen molar-refractivity contribution in [3.63, 3.8) is 0 Å². The summed E-state index contributed by atoms with van der Waals surface area (Å²) >= 11 is 0. The van der Waals surface area contributed by atoms with Gasteiger partial charge in [0.2, 0.25) is 5.82 Å². The predicted molar refractivity (Wildman–Crippen MR) is 84.7 cm³/mol. The van der Waals surface area contributed by atoms with Crippen molar-refractivity contribution in [1.29, 1.82) is 0 Å². The van der Waals surface area contributed by atoms with Crippen LogP contribution in [-0.2, 0) is 0 Å². The summed E-state index contributed by atoms with van der Waals surface area (Å²) in [6, 6.07) is 6.34. The molecule has 0 bridgehead atoms. The Bertz CT molecular complexity index is 854. The van der Waals surface area contributed by atoms with Crippen molar-refractivity contribution in [2.45, 2.75) is 32.8 Å². The topological polar surface area (TPSA) is 42.6 Å². The maximum absolute atomic E-state index is 14.7. The molecule has 0 amide bonds. The van der Waals surface area contributed by atoms with Crippen LogP contribution in [0.4, 0.5) is 8.78 Å². The third kappa shape index (κ3) is 2.55. The lowest BCUT2D eigenvalue weighted by atomic mass is 10.0. The highest BCUT2D eigenvalue weighted by molar-refractivity contribution is 6.05. The van der Waals surface area contributed by atoms with Crippen LogP contribution in [0.25, 0.3) is 21.9 Å². The van der Waals surface area contributed by atoms with E-state index in [0.29, 0.717) is 23.8 Å². The molecule has 3 rings (SSSR count). The van der Waals surface area contributed by atoms with Gasteiger partial charge in [-0.2, -0.15) is 4.39 Å². The molecule has 1 heterocycles. The highest BCUT2D eigenvalue weighted by Crippen LogP contribution is 2.37. The first-order valence-corrected chi connectivity index (χ1v) is 7.72. The number of halogens is 2. The molecule has 3 nitrogen and oxygen atoms in total. The van der Waals surface area contributed by atoms with E-state index in [1.165, 1.54) is 12.1 Å². The van der Waals surface area contributed by atoms with Crippen LogP contribution < -0.4 is 4.74 Å². The molecule has 2 aromatic carbocycles. The minimum absolute atomic E-state index is 0.0352. The van der Waals surface area contributed by atoms with Crippen LogP contribution >= 0.6 is 0 Å². The average Bonchev–Trinajstić information content (AvgIpc) is 2.91. The van der Waals surface area contributed by atoms with Gasteiger partial charge in [0, 0.05) is 16.3 Å². The Hall–Kier alpha value is -2.14. The third-order valence-corrected chi connectivity index (χ3v) is 3.90. The maximum atomic E-state index is 14.7. The van der Waals surface area contributed by atoms with Crippen LogP contribution in [0.3, 0.4) is 0 Å². The zero-order valence-electron chi connectivity index (χ0n) is 13.0. The highest BCUT2D eigenvalue weighted by Gasteiger charge is 2.21. The van der Waals surface area contributed by atoms with E-state index < -0.39 is 17.7 Å². The van der Waals surface area contributed by atoms with Crippen molar-refractivity contribution < 1.29 is 23.0 Å². The second-order valence-corrected chi connectivity index (χ2v) is 5.44. The monoisotopic (exact) mass is 320 g/mol. The molecule has 1 N–H and O–H groups in total. The molecule has 0 unspecified atom stereocenters. The van der Waals surface area contributed by atoms with Gasteiger partial charge in [-0.1, -0.05) is 19.4 Å². The fourth-order valence-corrected chi connectivity index (χ4v) is 2.79. The predicted octanol–water partition coefficient (Wildman–Crippen LogP) is 5.10. The van der Waals surface area contributed by atoms with Crippen molar-refractivity contribution in [3.8, 4) is 5.75 Å². The number of hydrogen-bond donors (Lipinski definition) is 1. The SMILES string of the molecule is CCC[C@@H](O)c1ccc2c(oc3c(F)c(OCC)ccc32)c1F. The Kier molecular flexibility index (Phi) is 4.22. The summed E-state index contributed by atoms with van der Waals surface area (Å²) in [5.41, 5.74) is 0.0935. The van der Waals surface area contributed by atoms with Crippen LogP contribution in [0.5, 0.6) is 5.75 Å². The number of ether oxygens (including phenoxy) is 1. The van der Waals surface area contributed by atoms with Gasteiger partial charge < -0.3 is 14.3 Å². The van der Waals surface area contributed by atoms with Crippen molar-refractivity contribution >= 4 is 21.9 Å². The molecule has 0 saturated heterocycles. The van der Waals surface area contributed by atoms with E-state index in [4.69, 9.17) is 9.15 Å². The first-order chi connectivity index (χ1) is 11.1. The Morgan fingerprint density at radius 2 is 1.70 bits per heavy atom. The highest BCUT2D eigenvalue weighted by atomic mass is 19.1. The first-order valence-electron chi connectivity index (χ1n) is 7.72. The molecule has 1 aromatic heterocycles. The third-order valence-electron chi connectivity index (χ3n) is 3.90. The van der Waals surface area contributed by atoms with Gasteiger partial charge in [0.1, 0.15) is 0 Å². The summed E-state index contributed by atoms with van der Waals surface area (Å²) in [5, 5.41) is 11.0. The van der Waals surface area contributed by atoms with E-state index in [-0.39, 0.29) is 22.5 Å². The quantitative estimate of drug-likeness (QED) is 0.711. The minimum Gasteiger partial charge on any atom is -0.491 e. The fourth-order valence-electron chi connectivity index (χ4n) is 2.79. The normalized spacial score (nSPS) is 12.9. The van der Waals surface area contributed by atoms with Crippen molar-refractivity contribution in [2.24, 2.45) is 0 Å². The summed E-state index contributed by atoms with van der Waals surface area (Å²) in [4.78, 5) is 0. The van der Waals surface area contributed by atoms with Crippen LogP contribution in [-0.4, -0.2) is 11.7 Å². The Labute approximate surface area is 132 Å². The summed E-state index contributed by atoms with van der Waals surface area (Å²) in [5.74, 6) is -1.21. The van der Waals surface area contributed by atoms with Gasteiger partial charge in [0.15, 0.2) is 22.7 Å². The van der Waals surface area contributed by atoms with Gasteiger partial charge in [-0.25, -0.2) is 4.39 Å². The number of aliphatic hydroxyl groups excluding tert-OH is 1. The second kappa shape index (κ2) is 6.16. The molecular weight excluding hydrogens is 302 g/mol. The van der Waals surface area contributed by atoms with E-state index in [0.717, 1.165) is 6.42 Å². The van der Waals surface area contributed by atoms with E-state index in [2.05, 4.69) is 0 Å². The van der Waals surface area contributed by atoms with Crippen LogP contribution in [0, 0.1) is 11.6 Å². The van der Waals surface area contributed by atoms with Crippen molar-refractivity contribution in [3.05, 3.63) is 41.5 Å².